The SMILES string of the molecule is N=C(n1nc2ccccc2n1)n1nnc2ccccc21.N=C(n1nnc2ccccc21)n1nnc2ccccc21. The zero-order chi connectivity index (χ0) is 27.1. The fourth-order valence-electron chi connectivity index (χ4n) is 4.21. The van der Waals surface area contributed by atoms with Crippen LogP contribution in [0.3, 0.4) is 0 Å². The molecule has 4 aromatic heterocycles. The molecule has 14 nitrogen and oxygen atoms in total. The monoisotopic (exact) mass is 526 g/mol. The lowest BCUT2D eigenvalue weighted by Gasteiger charge is -2.04. The second-order valence-electron chi connectivity index (χ2n) is 8.60. The molecule has 4 heterocycles. The van der Waals surface area contributed by atoms with E-state index in [1.54, 1.807) is 0 Å². The smallest absolute Gasteiger partial charge is 0.264 e. The van der Waals surface area contributed by atoms with Crippen LogP contribution in [0.1, 0.15) is 0 Å². The summed E-state index contributed by atoms with van der Waals surface area (Å²) in [5, 5.41) is 49.1. The molecule has 0 aliphatic heterocycles. The zero-order valence-corrected chi connectivity index (χ0v) is 20.6. The highest BCUT2D eigenvalue weighted by atomic mass is 15.6. The van der Waals surface area contributed by atoms with Crippen molar-refractivity contribution < 1.29 is 0 Å². The van der Waals surface area contributed by atoms with E-state index >= 15 is 0 Å². The highest BCUT2D eigenvalue weighted by Crippen LogP contribution is 2.14. The summed E-state index contributed by atoms with van der Waals surface area (Å²) in [5.74, 6) is 0.127. The van der Waals surface area contributed by atoms with Crippen molar-refractivity contribution in [1.82, 2.24) is 60.0 Å². The van der Waals surface area contributed by atoms with Gasteiger partial charge in [0.25, 0.3) is 5.96 Å². The quantitative estimate of drug-likeness (QED) is 0.224. The van der Waals surface area contributed by atoms with Crippen molar-refractivity contribution in [2.75, 3.05) is 0 Å². The fraction of sp³-hybridized carbons (Fsp3) is 0. The average molecular weight is 527 g/mol. The summed E-state index contributed by atoms with van der Waals surface area (Å²) >= 11 is 0. The fourth-order valence-corrected chi connectivity index (χ4v) is 4.21. The first-order valence-corrected chi connectivity index (χ1v) is 12.1. The normalized spacial score (nSPS) is 11.2. The van der Waals surface area contributed by atoms with Gasteiger partial charge in [-0.3, -0.25) is 10.8 Å². The van der Waals surface area contributed by atoms with E-state index in [2.05, 4.69) is 41.1 Å². The number of fused-ring (bicyclic) bond motifs is 4. The lowest BCUT2D eigenvalue weighted by molar-refractivity contribution is 0.728. The second-order valence-corrected chi connectivity index (χ2v) is 8.60. The molecular formula is C26H18N14. The van der Waals surface area contributed by atoms with E-state index in [-0.39, 0.29) is 11.9 Å². The van der Waals surface area contributed by atoms with Gasteiger partial charge < -0.3 is 0 Å². The maximum atomic E-state index is 8.29. The van der Waals surface area contributed by atoms with E-state index in [1.807, 2.05) is 97.1 Å². The number of benzene rings is 4. The van der Waals surface area contributed by atoms with Crippen LogP contribution < -0.4 is 0 Å². The van der Waals surface area contributed by atoms with E-state index in [9.17, 15) is 0 Å². The van der Waals surface area contributed by atoms with Crippen LogP contribution in [-0.4, -0.2) is 71.9 Å². The van der Waals surface area contributed by atoms with E-state index < -0.39 is 0 Å². The first kappa shape index (κ1) is 23.0. The van der Waals surface area contributed by atoms with Gasteiger partial charge in [0.15, 0.2) is 0 Å². The molecule has 0 aliphatic carbocycles. The number of rotatable bonds is 0. The van der Waals surface area contributed by atoms with E-state index in [4.69, 9.17) is 10.8 Å². The number of aromatic nitrogens is 12. The van der Waals surface area contributed by atoms with Gasteiger partial charge in [0, 0.05) is 0 Å². The lowest BCUT2D eigenvalue weighted by Crippen LogP contribution is -2.23. The Bertz CT molecular complexity index is 2060. The number of nitrogens with one attached hydrogen (secondary N) is 2. The van der Waals surface area contributed by atoms with Gasteiger partial charge in [-0.1, -0.05) is 64.2 Å². The minimum atomic E-state index is 0.0369. The molecule has 0 amide bonds. The number of hydrogen-bond acceptors (Lipinski definition) is 10. The number of nitrogens with zero attached hydrogens (tertiary/aromatic N) is 12. The minimum absolute atomic E-state index is 0.0369. The van der Waals surface area contributed by atoms with E-state index in [0.717, 1.165) is 44.1 Å². The summed E-state index contributed by atoms with van der Waals surface area (Å²) in [4.78, 5) is 1.26. The third-order valence-corrected chi connectivity index (χ3v) is 6.13. The highest BCUT2D eigenvalue weighted by Gasteiger charge is 2.15. The number of para-hydroxylation sites is 3. The molecule has 0 fully saturated rings. The molecule has 0 bridgehead atoms. The van der Waals surface area contributed by atoms with Gasteiger partial charge in [0.1, 0.15) is 27.6 Å². The maximum absolute atomic E-state index is 8.29. The van der Waals surface area contributed by atoms with E-state index in [0.29, 0.717) is 0 Å². The first-order chi connectivity index (χ1) is 19.7. The Balaban J connectivity index is 0.000000132. The van der Waals surface area contributed by atoms with Crippen LogP contribution in [0.4, 0.5) is 0 Å². The molecule has 0 unspecified atom stereocenters. The van der Waals surface area contributed by atoms with Crippen LogP contribution in [0, 0.1) is 10.8 Å². The molecule has 192 valence electrons. The summed E-state index contributed by atoms with van der Waals surface area (Å²) in [5.41, 5.74) is 5.95. The van der Waals surface area contributed by atoms with Crippen LogP contribution in [0.15, 0.2) is 97.1 Å². The van der Waals surface area contributed by atoms with Crippen LogP contribution in [-0.2, 0) is 0 Å². The number of hydrogen-bond donors (Lipinski definition) is 2. The van der Waals surface area contributed by atoms with Gasteiger partial charge >= 0.3 is 0 Å². The third kappa shape index (κ3) is 3.83. The summed E-state index contributed by atoms with van der Waals surface area (Å²) in [6.07, 6.45) is 0. The molecule has 0 atom stereocenters. The van der Waals surface area contributed by atoms with E-state index in [1.165, 1.54) is 18.8 Å². The molecule has 8 aromatic rings. The Morgan fingerprint density at radius 1 is 0.425 bits per heavy atom. The largest absolute Gasteiger partial charge is 0.265 e. The summed E-state index contributed by atoms with van der Waals surface area (Å²) < 4.78 is 4.29. The Kier molecular flexibility index (Phi) is 5.33. The highest BCUT2D eigenvalue weighted by molar-refractivity contribution is 5.94. The lowest BCUT2D eigenvalue weighted by atomic mass is 10.3. The van der Waals surface area contributed by atoms with Crippen LogP contribution in [0.2, 0.25) is 0 Å². The van der Waals surface area contributed by atoms with Crippen molar-refractivity contribution in [3.63, 3.8) is 0 Å². The molecule has 0 radical (unpaired) electrons. The van der Waals surface area contributed by atoms with Crippen LogP contribution >= 0.6 is 0 Å². The molecule has 0 spiro atoms. The van der Waals surface area contributed by atoms with Crippen molar-refractivity contribution in [3.8, 4) is 0 Å². The van der Waals surface area contributed by atoms with Gasteiger partial charge in [-0.2, -0.15) is 14.0 Å². The third-order valence-electron chi connectivity index (χ3n) is 6.13. The van der Waals surface area contributed by atoms with Crippen LogP contribution in [0.25, 0.3) is 44.1 Å². The predicted molar refractivity (Wildman–Crippen MR) is 147 cm³/mol. The van der Waals surface area contributed by atoms with Crippen molar-refractivity contribution >= 4 is 56.1 Å². The summed E-state index contributed by atoms with van der Waals surface area (Å²) in [6.45, 7) is 0. The molecule has 0 saturated carbocycles. The van der Waals surface area contributed by atoms with Crippen molar-refractivity contribution in [1.29, 1.82) is 10.8 Å². The second kappa shape index (κ2) is 9.29. The Hall–Kier alpha value is -6.18. The van der Waals surface area contributed by atoms with Gasteiger partial charge in [-0.15, -0.1) is 30.3 Å². The zero-order valence-electron chi connectivity index (χ0n) is 20.6. The predicted octanol–water partition coefficient (Wildman–Crippen LogP) is 3.01. The topological polar surface area (TPSA) is 171 Å². The minimum Gasteiger partial charge on any atom is -0.265 e. The van der Waals surface area contributed by atoms with Crippen LogP contribution in [0.5, 0.6) is 0 Å². The van der Waals surface area contributed by atoms with Gasteiger partial charge in [0.2, 0.25) is 5.96 Å². The summed E-state index contributed by atoms with van der Waals surface area (Å²) in [6, 6.07) is 29.9. The standard InChI is InChI=1S/2C13H9N7/c14-13(19-11-7-3-1-5-9(11)15-17-19)20-12-8-4-2-6-10(12)16-18-20;14-13(19-12-8-4-3-7-11(12)15-18-19)20-16-9-5-1-2-6-10(9)17-20/h2*1-8,14H. The Labute approximate surface area is 224 Å². The Morgan fingerprint density at radius 3 is 1.15 bits per heavy atom. The van der Waals surface area contributed by atoms with Crippen molar-refractivity contribution in [2.45, 2.75) is 0 Å². The molecule has 0 saturated heterocycles. The summed E-state index contributed by atoms with van der Waals surface area (Å²) in [7, 11) is 0. The molecule has 0 aliphatic rings. The van der Waals surface area contributed by atoms with Crippen molar-refractivity contribution in [2.24, 2.45) is 0 Å². The molecule has 4 aromatic carbocycles. The molecule has 40 heavy (non-hydrogen) atoms. The molecule has 2 N–H and O–H groups in total. The van der Waals surface area contributed by atoms with Crippen molar-refractivity contribution in [3.05, 3.63) is 97.1 Å². The van der Waals surface area contributed by atoms with Gasteiger partial charge in [0.05, 0.1) is 16.6 Å². The average Bonchev–Trinajstić information content (AvgIpc) is 3.80. The molecule has 14 heteroatoms. The molecule has 8 rings (SSSR count). The maximum Gasteiger partial charge on any atom is 0.264 e. The van der Waals surface area contributed by atoms with Gasteiger partial charge in [-0.25, -0.2) is 0 Å². The van der Waals surface area contributed by atoms with Gasteiger partial charge in [-0.05, 0) is 48.5 Å². The molecular weight excluding hydrogens is 508 g/mol. The first-order valence-electron chi connectivity index (χ1n) is 12.1. The Morgan fingerprint density at radius 2 is 0.750 bits per heavy atom.